The quantitative estimate of drug-likeness (QED) is 0.407. The summed E-state index contributed by atoms with van der Waals surface area (Å²) in [6.07, 6.45) is 1.49. The molecule has 8 nitrogen and oxygen atoms in total. The average molecular weight is 501 g/mol. The third-order valence-corrected chi connectivity index (χ3v) is 6.85. The largest absolute Gasteiger partial charge is 0.497 e. The normalized spacial score (nSPS) is 21.6. The first kappa shape index (κ1) is 26.7. The second-order valence-corrected chi connectivity index (χ2v) is 9.28. The van der Waals surface area contributed by atoms with Crippen molar-refractivity contribution in [3.63, 3.8) is 0 Å². The van der Waals surface area contributed by atoms with E-state index in [2.05, 4.69) is 40.5 Å². The molecule has 2 aliphatic heterocycles. The highest BCUT2D eigenvalue weighted by molar-refractivity contribution is 5.61. The zero-order chi connectivity index (χ0) is 25.2. The molecule has 3 atom stereocenters. The first-order chi connectivity index (χ1) is 17.7. The Morgan fingerprint density at radius 3 is 2.56 bits per heavy atom. The number of hydrogen-bond donors (Lipinski definition) is 2. The molecule has 0 spiro atoms. The summed E-state index contributed by atoms with van der Waals surface area (Å²) in [4.78, 5) is 2.37. The van der Waals surface area contributed by atoms with Crippen molar-refractivity contribution in [3.8, 4) is 11.5 Å². The van der Waals surface area contributed by atoms with Gasteiger partial charge in [-0.2, -0.15) is 0 Å². The molecule has 198 valence electrons. The van der Waals surface area contributed by atoms with Crippen LogP contribution >= 0.6 is 0 Å². The van der Waals surface area contributed by atoms with Crippen molar-refractivity contribution >= 4 is 5.69 Å². The number of hydrogen-bond acceptors (Lipinski definition) is 8. The molecule has 0 aliphatic carbocycles. The summed E-state index contributed by atoms with van der Waals surface area (Å²) in [6, 6.07) is 14.5. The van der Waals surface area contributed by atoms with Crippen molar-refractivity contribution in [3.05, 3.63) is 53.6 Å². The molecular weight excluding hydrogens is 460 g/mol. The number of rotatable bonds is 13. The molecule has 2 aromatic rings. The molecule has 2 aromatic carbocycles. The van der Waals surface area contributed by atoms with E-state index >= 15 is 0 Å². The van der Waals surface area contributed by atoms with Crippen LogP contribution < -0.4 is 19.7 Å². The van der Waals surface area contributed by atoms with Crippen LogP contribution in [0.5, 0.6) is 11.5 Å². The zero-order valence-electron chi connectivity index (χ0n) is 21.5. The Bertz CT molecular complexity index is 925. The van der Waals surface area contributed by atoms with Gasteiger partial charge in [0.15, 0.2) is 0 Å². The van der Waals surface area contributed by atoms with Crippen molar-refractivity contribution < 1.29 is 28.8 Å². The van der Waals surface area contributed by atoms with Crippen molar-refractivity contribution in [1.82, 2.24) is 5.32 Å². The van der Waals surface area contributed by atoms with Crippen molar-refractivity contribution in [2.45, 2.75) is 37.6 Å². The predicted octanol–water partition coefficient (Wildman–Crippen LogP) is 2.97. The maximum Gasteiger partial charge on any atom is 0.142 e. The lowest BCUT2D eigenvalue weighted by atomic mass is 9.85. The van der Waals surface area contributed by atoms with Crippen LogP contribution in [0.15, 0.2) is 42.5 Å². The van der Waals surface area contributed by atoms with Gasteiger partial charge in [-0.25, -0.2) is 0 Å². The first-order valence-electron chi connectivity index (χ1n) is 12.9. The van der Waals surface area contributed by atoms with Crippen LogP contribution in [0.2, 0.25) is 0 Å². The number of nitrogens with zero attached hydrogens (tertiary/aromatic N) is 1. The predicted molar refractivity (Wildman–Crippen MR) is 139 cm³/mol. The number of nitrogens with one attached hydrogen (secondary N) is 1. The monoisotopic (exact) mass is 500 g/mol. The maximum atomic E-state index is 9.21. The van der Waals surface area contributed by atoms with Gasteiger partial charge in [-0.15, -0.1) is 0 Å². The lowest BCUT2D eigenvalue weighted by Crippen LogP contribution is -2.50. The Hall–Kier alpha value is -2.36. The Balaban J connectivity index is 1.47. The SMILES string of the molecule is COCCCN1CCOc2ccc(CO[C@H]3CNC[C@@H](OCCCO)[C@@H]3c3ccc(OC)cc3)cc21. The summed E-state index contributed by atoms with van der Waals surface area (Å²) in [5.41, 5.74) is 3.41. The maximum absolute atomic E-state index is 9.21. The number of methoxy groups -OCH3 is 2. The van der Waals surface area contributed by atoms with E-state index in [9.17, 15) is 5.11 Å². The fraction of sp³-hybridized carbons (Fsp3) is 0.571. The van der Waals surface area contributed by atoms with Gasteiger partial charge in [0.1, 0.15) is 18.1 Å². The minimum Gasteiger partial charge on any atom is -0.497 e. The van der Waals surface area contributed by atoms with E-state index in [1.165, 1.54) is 5.56 Å². The topological polar surface area (TPSA) is 81.7 Å². The second-order valence-electron chi connectivity index (χ2n) is 9.28. The smallest absolute Gasteiger partial charge is 0.142 e. The van der Waals surface area contributed by atoms with Gasteiger partial charge in [0.2, 0.25) is 0 Å². The lowest BCUT2D eigenvalue weighted by Gasteiger charge is -2.39. The highest BCUT2D eigenvalue weighted by Gasteiger charge is 2.36. The van der Waals surface area contributed by atoms with Gasteiger partial charge in [0.25, 0.3) is 0 Å². The third-order valence-electron chi connectivity index (χ3n) is 6.85. The Morgan fingerprint density at radius 1 is 1.00 bits per heavy atom. The van der Waals surface area contributed by atoms with Crippen molar-refractivity contribution in [2.24, 2.45) is 0 Å². The van der Waals surface area contributed by atoms with Crippen LogP contribution in [0, 0.1) is 0 Å². The average Bonchev–Trinajstić information content (AvgIpc) is 2.92. The molecule has 1 saturated heterocycles. The minimum atomic E-state index is -0.0589. The van der Waals surface area contributed by atoms with E-state index in [0.717, 1.165) is 62.0 Å². The van der Waals surface area contributed by atoms with E-state index in [-0.39, 0.29) is 24.7 Å². The van der Waals surface area contributed by atoms with Gasteiger partial charge in [-0.3, -0.25) is 0 Å². The molecule has 2 heterocycles. The third kappa shape index (κ3) is 6.89. The number of piperidine rings is 1. The summed E-state index contributed by atoms with van der Waals surface area (Å²) in [5.74, 6) is 1.83. The minimum absolute atomic E-state index is 0.0445. The second kappa shape index (κ2) is 13.8. The highest BCUT2D eigenvalue weighted by atomic mass is 16.5. The van der Waals surface area contributed by atoms with Gasteiger partial charge < -0.3 is 39.0 Å². The number of aliphatic hydroxyl groups excluding tert-OH is 1. The Kier molecular flexibility index (Phi) is 10.2. The van der Waals surface area contributed by atoms with Gasteiger partial charge in [-0.05, 0) is 48.2 Å². The Morgan fingerprint density at radius 2 is 1.81 bits per heavy atom. The molecule has 2 aliphatic rings. The van der Waals surface area contributed by atoms with Crippen LogP contribution in [0.1, 0.15) is 29.9 Å². The molecule has 4 rings (SSSR count). The molecule has 0 amide bonds. The summed E-state index contributed by atoms with van der Waals surface area (Å²) in [5, 5.41) is 12.7. The van der Waals surface area contributed by atoms with Crippen molar-refractivity contribution in [1.29, 1.82) is 0 Å². The van der Waals surface area contributed by atoms with Crippen molar-refractivity contribution in [2.75, 3.05) is 71.7 Å². The van der Waals surface area contributed by atoms with Gasteiger partial charge in [0.05, 0.1) is 38.2 Å². The van der Waals surface area contributed by atoms with E-state index in [0.29, 0.717) is 26.2 Å². The zero-order valence-corrected chi connectivity index (χ0v) is 21.5. The molecule has 0 aromatic heterocycles. The van der Waals surface area contributed by atoms with Crippen LogP contribution in [0.4, 0.5) is 5.69 Å². The van der Waals surface area contributed by atoms with Crippen LogP contribution in [-0.4, -0.2) is 84.1 Å². The van der Waals surface area contributed by atoms with Crippen LogP contribution in [-0.2, 0) is 20.8 Å². The molecule has 0 saturated carbocycles. The van der Waals surface area contributed by atoms with Gasteiger partial charge in [-0.1, -0.05) is 18.2 Å². The van der Waals surface area contributed by atoms with E-state index < -0.39 is 0 Å². The van der Waals surface area contributed by atoms with E-state index in [1.807, 2.05) is 12.1 Å². The number of fused-ring (bicyclic) bond motifs is 1. The number of anilines is 1. The molecular formula is C28H40N2O6. The van der Waals surface area contributed by atoms with E-state index in [4.69, 9.17) is 23.7 Å². The summed E-state index contributed by atoms with van der Waals surface area (Å²) in [6.45, 7) is 5.89. The van der Waals surface area contributed by atoms with E-state index in [1.54, 1.807) is 14.2 Å². The lowest BCUT2D eigenvalue weighted by molar-refractivity contribution is -0.0616. The summed E-state index contributed by atoms with van der Waals surface area (Å²) in [7, 11) is 3.42. The Labute approximate surface area is 214 Å². The summed E-state index contributed by atoms with van der Waals surface area (Å²) >= 11 is 0. The van der Waals surface area contributed by atoms with Crippen LogP contribution in [0.3, 0.4) is 0 Å². The molecule has 36 heavy (non-hydrogen) atoms. The number of benzene rings is 2. The molecule has 0 unspecified atom stereocenters. The van der Waals surface area contributed by atoms with Gasteiger partial charge in [0, 0.05) is 52.5 Å². The standard InChI is InChI=1S/C28H40N2O6/c1-32-14-3-11-30-12-16-35-25-10-5-21(17-24(25)30)20-36-27-19-29-18-26(34-15-4-13-31)28(27)22-6-8-23(33-2)9-7-22/h5-10,17,26-29,31H,3-4,11-16,18-20H2,1-2H3/t26-,27+,28+/m1/s1. The fourth-order valence-corrected chi connectivity index (χ4v) is 4.98. The number of ether oxygens (including phenoxy) is 5. The fourth-order valence-electron chi connectivity index (χ4n) is 4.98. The molecule has 0 radical (unpaired) electrons. The van der Waals surface area contributed by atoms with Crippen LogP contribution in [0.25, 0.3) is 0 Å². The molecule has 2 N–H and O–H groups in total. The molecule has 0 bridgehead atoms. The number of aliphatic hydroxyl groups is 1. The summed E-state index contributed by atoms with van der Waals surface area (Å²) < 4.78 is 29.2. The highest BCUT2D eigenvalue weighted by Crippen LogP contribution is 2.35. The molecule has 1 fully saturated rings. The van der Waals surface area contributed by atoms with Gasteiger partial charge >= 0.3 is 0 Å². The first-order valence-corrected chi connectivity index (χ1v) is 12.9. The molecule has 8 heteroatoms.